The molecule has 0 radical (unpaired) electrons. The van der Waals surface area contributed by atoms with Crippen LogP contribution in [0.25, 0.3) is 0 Å². The fourth-order valence-electron chi connectivity index (χ4n) is 4.61. The van der Waals surface area contributed by atoms with Crippen molar-refractivity contribution in [1.29, 1.82) is 0 Å². The van der Waals surface area contributed by atoms with E-state index in [2.05, 4.69) is 58.7 Å². The molecule has 164 valence electrons. The molecule has 1 fully saturated rings. The second-order valence-corrected chi connectivity index (χ2v) is 8.91. The first-order valence-corrected chi connectivity index (χ1v) is 11.5. The third-order valence-corrected chi connectivity index (χ3v) is 5.93. The summed E-state index contributed by atoms with van der Waals surface area (Å²) >= 11 is 0. The zero-order chi connectivity index (χ0) is 20.9. The lowest BCUT2D eigenvalue weighted by molar-refractivity contribution is -0.0704. The average molecular weight is 413 g/mol. The van der Waals surface area contributed by atoms with Gasteiger partial charge in [-0.1, -0.05) is 19.4 Å². The predicted octanol–water partition coefficient (Wildman–Crippen LogP) is 3.76. The van der Waals surface area contributed by atoms with Crippen LogP contribution in [0.4, 0.5) is 0 Å². The number of aromatic nitrogens is 2. The summed E-state index contributed by atoms with van der Waals surface area (Å²) in [6, 6.07) is 6.70. The SMILES string of the molecule is CCCCc1ncc(CN2CCOc3ccc(CN4C[C@@H](C)O[C@@H](C)C4)cc3C2)[nH]1. The van der Waals surface area contributed by atoms with Crippen LogP contribution in [0, 0.1) is 0 Å². The molecule has 0 amide bonds. The highest BCUT2D eigenvalue weighted by Gasteiger charge is 2.23. The Kier molecular flexibility index (Phi) is 7.08. The number of nitrogens with zero attached hydrogens (tertiary/aromatic N) is 3. The molecule has 6 heteroatoms. The van der Waals surface area contributed by atoms with Crippen molar-refractivity contribution in [1.82, 2.24) is 19.8 Å². The molecular formula is C24H36N4O2. The topological polar surface area (TPSA) is 53.6 Å². The van der Waals surface area contributed by atoms with Crippen molar-refractivity contribution in [2.24, 2.45) is 0 Å². The predicted molar refractivity (Wildman–Crippen MR) is 119 cm³/mol. The summed E-state index contributed by atoms with van der Waals surface area (Å²) in [4.78, 5) is 13.0. The number of imidazole rings is 1. The Morgan fingerprint density at radius 3 is 2.77 bits per heavy atom. The van der Waals surface area contributed by atoms with E-state index in [-0.39, 0.29) is 0 Å². The lowest BCUT2D eigenvalue weighted by atomic mass is 10.1. The molecule has 6 nitrogen and oxygen atoms in total. The first-order valence-electron chi connectivity index (χ1n) is 11.5. The summed E-state index contributed by atoms with van der Waals surface area (Å²) in [5.41, 5.74) is 3.82. The minimum atomic E-state index is 0.296. The first kappa shape index (κ1) is 21.3. The zero-order valence-electron chi connectivity index (χ0n) is 18.7. The minimum absolute atomic E-state index is 0.296. The number of aromatic amines is 1. The number of aryl methyl sites for hydroxylation is 1. The molecule has 1 saturated heterocycles. The third kappa shape index (κ3) is 5.62. The van der Waals surface area contributed by atoms with E-state index in [4.69, 9.17) is 9.47 Å². The van der Waals surface area contributed by atoms with Gasteiger partial charge < -0.3 is 14.5 Å². The number of hydrogen-bond donors (Lipinski definition) is 1. The second-order valence-electron chi connectivity index (χ2n) is 8.91. The van der Waals surface area contributed by atoms with Gasteiger partial charge in [-0.05, 0) is 38.0 Å². The number of rotatable bonds is 7. The molecule has 2 atom stereocenters. The van der Waals surface area contributed by atoms with Crippen LogP contribution >= 0.6 is 0 Å². The maximum Gasteiger partial charge on any atom is 0.123 e. The summed E-state index contributed by atoms with van der Waals surface area (Å²) in [5.74, 6) is 2.13. The average Bonchev–Trinajstić information content (AvgIpc) is 3.04. The summed E-state index contributed by atoms with van der Waals surface area (Å²) < 4.78 is 11.9. The minimum Gasteiger partial charge on any atom is -0.492 e. The molecule has 0 aliphatic carbocycles. The highest BCUT2D eigenvalue weighted by atomic mass is 16.5. The number of hydrogen-bond acceptors (Lipinski definition) is 5. The van der Waals surface area contributed by atoms with Gasteiger partial charge in [-0.3, -0.25) is 9.80 Å². The number of H-pyrrole nitrogens is 1. The van der Waals surface area contributed by atoms with Gasteiger partial charge in [0.2, 0.25) is 0 Å². The monoisotopic (exact) mass is 412 g/mol. The second kappa shape index (κ2) is 9.94. The van der Waals surface area contributed by atoms with E-state index in [0.717, 1.165) is 63.9 Å². The molecule has 4 rings (SSSR count). The number of fused-ring (bicyclic) bond motifs is 1. The molecule has 0 unspecified atom stereocenters. The normalized spacial score (nSPS) is 23.0. The van der Waals surface area contributed by atoms with Crippen LogP contribution < -0.4 is 4.74 Å². The number of benzene rings is 1. The van der Waals surface area contributed by atoms with E-state index >= 15 is 0 Å². The molecular weight excluding hydrogens is 376 g/mol. The Morgan fingerprint density at radius 1 is 1.13 bits per heavy atom. The van der Waals surface area contributed by atoms with Crippen LogP contribution in [-0.4, -0.2) is 58.2 Å². The molecule has 2 aliphatic rings. The van der Waals surface area contributed by atoms with Gasteiger partial charge >= 0.3 is 0 Å². The van der Waals surface area contributed by atoms with Gasteiger partial charge in [0.1, 0.15) is 18.2 Å². The summed E-state index contributed by atoms with van der Waals surface area (Å²) in [5, 5.41) is 0. The van der Waals surface area contributed by atoms with Crippen molar-refractivity contribution in [3.05, 3.63) is 47.0 Å². The molecule has 2 aromatic rings. The van der Waals surface area contributed by atoms with E-state index in [9.17, 15) is 0 Å². The molecule has 1 aromatic heterocycles. The van der Waals surface area contributed by atoms with Crippen LogP contribution in [-0.2, 0) is 30.8 Å². The lowest BCUT2D eigenvalue weighted by Gasteiger charge is -2.35. The molecule has 0 bridgehead atoms. The summed E-state index contributed by atoms with van der Waals surface area (Å²) in [6.07, 6.45) is 6.00. The molecule has 3 heterocycles. The van der Waals surface area contributed by atoms with Crippen LogP contribution in [0.5, 0.6) is 5.75 Å². The van der Waals surface area contributed by atoms with E-state index in [1.807, 2.05) is 6.20 Å². The molecule has 0 saturated carbocycles. The highest BCUT2D eigenvalue weighted by Crippen LogP contribution is 2.26. The van der Waals surface area contributed by atoms with Crippen LogP contribution in [0.1, 0.15) is 56.3 Å². The van der Waals surface area contributed by atoms with Gasteiger partial charge in [0.05, 0.1) is 12.2 Å². The third-order valence-electron chi connectivity index (χ3n) is 5.93. The van der Waals surface area contributed by atoms with Gasteiger partial charge in [0.25, 0.3) is 0 Å². The molecule has 2 aliphatic heterocycles. The standard InChI is InChI=1S/C24H36N4O2/c1-4-5-6-24-25-12-22(26-24)17-27-9-10-29-23-8-7-20(11-21(23)16-27)15-28-13-18(2)30-19(3)14-28/h7-8,11-12,18-19H,4-6,9-10,13-17H2,1-3H3,(H,25,26)/t18-,19+. The summed E-state index contributed by atoms with van der Waals surface area (Å²) in [7, 11) is 0. The van der Waals surface area contributed by atoms with E-state index < -0.39 is 0 Å². The fraction of sp³-hybridized carbons (Fsp3) is 0.625. The van der Waals surface area contributed by atoms with Crippen molar-refractivity contribution in [2.45, 2.75) is 71.9 Å². The largest absolute Gasteiger partial charge is 0.492 e. The fourth-order valence-corrected chi connectivity index (χ4v) is 4.61. The maximum atomic E-state index is 6.05. The molecule has 30 heavy (non-hydrogen) atoms. The highest BCUT2D eigenvalue weighted by molar-refractivity contribution is 5.38. The number of nitrogens with one attached hydrogen (secondary N) is 1. The van der Waals surface area contributed by atoms with Gasteiger partial charge in [-0.2, -0.15) is 0 Å². The number of ether oxygens (including phenoxy) is 2. The van der Waals surface area contributed by atoms with Gasteiger partial charge in [0, 0.05) is 63.1 Å². The van der Waals surface area contributed by atoms with Gasteiger partial charge in [0.15, 0.2) is 0 Å². The Morgan fingerprint density at radius 2 is 1.97 bits per heavy atom. The van der Waals surface area contributed by atoms with Crippen LogP contribution in [0.15, 0.2) is 24.4 Å². The van der Waals surface area contributed by atoms with Crippen molar-refractivity contribution in [3.63, 3.8) is 0 Å². The Bertz CT molecular complexity index is 811. The Labute approximate surface area is 180 Å². The molecule has 0 spiro atoms. The van der Waals surface area contributed by atoms with Crippen molar-refractivity contribution in [2.75, 3.05) is 26.2 Å². The summed E-state index contributed by atoms with van der Waals surface area (Å²) in [6.45, 7) is 12.9. The van der Waals surface area contributed by atoms with Gasteiger partial charge in [-0.15, -0.1) is 0 Å². The van der Waals surface area contributed by atoms with Crippen molar-refractivity contribution in [3.8, 4) is 5.75 Å². The maximum absolute atomic E-state index is 6.05. The number of unbranched alkanes of at least 4 members (excludes halogenated alkanes) is 1. The first-order chi connectivity index (χ1) is 14.6. The van der Waals surface area contributed by atoms with Crippen molar-refractivity contribution < 1.29 is 9.47 Å². The van der Waals surface area contributed by atoms with E-state index in [1.54, 1.807) is 0 Å². The quantitative estimate of drug-likeness (QED) is 0.751. The zero-order valence-corrected chi connectivity index (χ0v) is 18.7. The van der Waals surface area contributed by atoms with Crippen LogP contribution in [0.3, 0.4) is 0 Å². The Hall–Kier alpha value is -1.89. The Balaban J connectivity index is 1.40. The molecule has 1 aromatic carbocycles. The smallest absolute Gasteiger partial charge is 0.123 e. The van der Waals surface area contributed by atoms with Gasteiger partial charge in [-0.25, -0.2) is 4.98 Å². The van der Waals surface area contributed by atoms with E-state index in [0.29, 0.717) is 12.2 Å². The van der Waals surface area contributed by atoms with Crippen LogP contribution in [0.2, 0.25) is 0 Å². The lowest BCUT2D eigenvalue weighted by Crippen LogP contribution is -2.44. The van der Waals surface area contributed by atoms with Crippen molar-refractivity contribution >= 4 is 0 Å². The number of morpholine rings is 1. The molecule has 1 N–H and O–H groups in total. The van der Waals surface area contributed by atoms with E-state index in [1.165, 1.54) is 29.7 Å².